The van der Waals surface area contributed by atoms with E-state index >= 15 is 0 Å². The molecule has 104 valence electrons. The summed E-state index contributed by atoms with van der Waals surface area (Å²) in [5.41, 5.74) is 2.35. The first-order valence-electron chi connectivity index (χ1n) is 6.63. The second-order valence-corrected chi connectivity index (χ2v) is 4.53. The third-order valence-electron chi connectivity index (χ3n) is 2.73. The van der Waals surface area contributed by atoms with Gasteiger partial charge in [-0.3, -0.25) is 0 Å². The summed E-state index contributed by atoms with van der Waals surface area (Å²) in [6.07, 6.45) is 0.926. The lowest BCUT2D eigenvalue weighted by molar-refractivity contribution is 0.315. The summed E-state index contributed by atoms with van der Waals surface area (Å²) in [4.78, 5) is 0. The SMILES string of the molecule is CCCOc1ccc(N=Nc2ccc(C)cc2)c(O)c1. The van der Waals surface area contributed by atoms with E-state index < -0.39 is 0 Å². The summed E-state index contributed by atoms with van der Waals surface area (Å²) in [7, 11) is 0. The summed E-state index contributed by atoms with van der Waals surface area (Å²) in [6.45, 7) is 4.68. The molecule has 0 aliphatic heterocycles. The van der Waals surface area contributed by atoms with Crippen molar-refractivity contribution in [1.82, 2.24) is 0 Å². The number of nitrogens with zero attached hydrogens (tertiary/aromatic N) is 2. The zero-order chi connectivity index (χ0) is 14.4. The van der Waals surface area contributed by atoms with Crippen LogP contribution in [-0.4, -0.2) is 11.7 Å². The van der Waals surface area contributed by atoms with E-state index in [1.54, 1.807) is 18.2 Å². The molecule has 0 heterocycles. The number of hydrogen-bond acceptors (Lipinski definition) is 4. The van der Waals surface area contributed by atoms with Crippen molar-refractivity contribution >= 4 is 11.4 Å². The van der Waals surface area contributed by atoms with E-state index in [1.165, 1.54) is 5.56 Å². The molecule has 2 aromatic rings. The van der Waals surface area contributed by atoms with Crippen molar-refractivity contribution < 1.29 is 9.84 Å². The normalized spacial score (nSPS) is 10.9. The van der Waals surface area contributed by atoms with Gasteiger partial charge in [-0.25, -0.2) is 0 Å². The van der Waals surface area contributed by atoms with Gasteiger partial charge in [0.2, 0.25) is 0 Å². The van der Waals surface area contributed by atoms with E-state index in [2.05, 4.69) is 10.2 Å². The minimum atomic E-state index is 0.0643. The van der Waals surface area contributed by atoms with E-state index in [0.717, 1.165) is 12.1 Å². The third-order valence-corrected chi connectivity index (χ3v) is 2.73. The van der Waals surface area contributed by atoms with Gasteiger partial charge >= 0.3 is 0 Å². The first kappa shape index (κ1) is 14.1. The lowest BCUT2D eigenvalue weighted by Gasteiger charge is -2.05. The standard InChI is InChI=1S/C16H18N2O2/c1-3-10-20-14-8-9-15(16(19)11-14)18-17-13-6-4-12(2)5-7-13/h4-9,11,19H,3,10H2,1-2H3. The van der Waals surface area contributed by atoms with Gasteiger partial charge in [-0.05, 0) is 37.6 Å². The Kier molecular flexibility index (Phi) is 4.71. The fourth-order valence-electron chi connectivity index (χ4n) is 1.62. The van der Waals surface area contributed by atoms with Crippen molar-refractivity contribution in [1.29, 1.82) is 0 Å². The van der Waals surface area contributed by atoms with Crippen molar-refractivity contribution in [3.8, 4) is 11.5 Å². The Labute approximate surface area is 118 Å². The molecule has 2 aromatic carbocycles. The molecule has 0 aliphatic rings. The van der Waals surface area contributed by atoms with Crippen molar-refractivity contribution in [2.45, 2.75) is 20.3 Å². The van der Waals surface area contributed by atoms with Gasteiger partial charge < -0.3 is 9.84 Å². The molecular formula is C16H18N2O2. The second-order valence-electron chi connectivity index (χ2n) is 4.53. The Bertz CT molecular complexity index is 592. The lowest BCUT2D eigenvalue weighted by atomic mass is 10.2. The van der Waals surface area contributed by atoms with Crippen molar-refractivity contribution in [3.63, 3.8) is 0 Å². The molecule has 0 spiro atoms. The molecule has 0 bridgehead atoms. The van der Waals surface area contributed by atoms with Gasteiger partial charge in [0, 0.05) is 6.07 Å². The summed E-state index contributed by atoms with van der Waals surface area (Å²) in [6, 6.07) is 12.7. The minimum absolute atomic E-state index is 0.0643. The third kappa shape index (κ3) is 3.82. The van der Waals surface area contributed by atoms with Gasteiger partial charge in [0.25, 0.3) is 0 Å². The molecule has 4 heteroatoms. The number of ether oxygens (including phenoxy) is 1. The van der Waals surface area contributed by atoms with Crippen molar-refractivity contribution in [2.75, 3.05) is 6.61 Å². The summed E-state index contributed by atoms with van der Waals surface area (Å²) in [5.74, 6) is 0.702. The van der Waals surface area contributed by atoms with Crippen LogP contribution in [0, 0.1) is 6.92 Å². The quantitative estimate of drug-likeness (QED) is 0.785. The Morgan fingerprint density at radius 3 is 2.45 bits per heavy atom. The molecule has 20 heavy (non-hydrogen) atoms. The van der Waals surface area contributed by atoms with Crippen LogP contribution in [-0.2, 0) is 0 Å². The van der Waals surface area contributed by atoms with Crippen LogP contribution in [0.15, 0.2) is 52.7 Å². The number of benzene rings is 2. The molecule has 2 rings (SSSR count). The highest BCUT2D eigenvalue weighted by atomic mass is 16.5. The molecule has 0 aliphatic carbocycles. The number of hydrogen-bond donors (Lipinski definition) is 1. The van der Waals surface area contributed by atoms with Crippen LogP contribution in [0.1, 0.15) is 18.9 Å². The molecule has 4 nitrogen and oxygen atoms in total. The van der Waals surface area contributed by atoms with Gasteiger partial charge in [0.1, 0.15) is 17.2 Å². The van der Waals surface area contributed by atoms with Crippen LogP contribution in [0.4, 0.5) is 11.4 Å². The highest BCUT2D eigenvalue weighted by molar-refractivity contribution is 5.54. The maximum absolute atomic E-state index is 9.88. The zero-order valence-electron chi connectivity index (χ0n) is 11.7. The monoisotopic (exact) mass is 270 g/mol. The van der Waals surface area contributed by atoms with Crippen LogP contribution in [0.3, 0.4) is 0 Å². The molecule has 0 saturated carbocycles. The van der Waals surface area contributed by atoms with E-state index in [1.807, 2.05) is 38.1 Å². The molecule has 1 N–H and O–H groups in total. The number of phenols is 1. The topological polar surface area (TPSA) is 54.2 Å². The smallest absolute Gasteiger partial charge is 0.146 e. The van der Waals surface area contributed by atoms with Crippen LogP contribution in [0.2, 0.25) is 0 Å². The molecule has 0 atom stereocenters. The predicted molar refractivity (Wildman–Crippen MR) is 79.2 cm³/mol. The average Bonchev–Trinajstić information content (AvgIpc) is 2.46. The van der Waals surface area contributed by atoms with Crippen LogP contribution >= 0.6 is 0 Å². The highest BCUT2D eigenvalue weighted by Crippen LogP contribution is 2.31. The molecule has 0 fully saturated rings. The zero-order valence-corrected chi connectivity index (χ0v) is 11.7. The predicted octanol–water partition coefficient (Wildman–Crippen LogP) is 4.90. The van der Waals surface area contributed by atoms with Gasteiger partial charge in [-0.1, -0.05) is 24.6 Å². The number of aryl methyl sites for hydroxylation is 1. The van der Waals surface area contributed by atoms with Gasteiger partial charge in [-0.2, -0.15) is 5.11 Å². The molecule has 0 unspecified atom stereocenters. The second kappa shape index (κ2) is 6.70. The van der Waals surface area contributed by atoms with Gasteiger partial charge in [-0.15, -0.1) is 5.11 Å². The first-order valence-corrected chi connectivity index (χ1v) is 6.63. The highest BCUT2D eigenvalue weighted by Gasteiger charge is 2.02. The Hall–Kier alpha value is -2.36. The lowest BCUT2D eigenvalue weighted by Crippen LogP contribution is -1.94. The van der Waals surface area contributed by atoms with Crippen molar-refractivity contribution in [3.05, 3.63) is 48.0 Å². The maximum Gasteiger partial charge on any atom is 0.146 e. The number of phenolic OH excluding ortho intramolecular Hbond substituents is 1. The number of aromatic hydroxyl groups is 1. The van der Waals surface area contributed by atoms with E-state index in [-0.39, 0.29) is 5.75 Å². The molecule has 0 saturated heterocycles. The van der Waals surface area contributed by atoms with Crippen molar-refractivity contribution in [2.24, 2.45) is 10.2 Å². The van der Waals surface area contributed by atoms with Gasteiger partial charge in [0.15, 0.2) is 0 Å². The fourth-order valence-corrected chi connectivity index (χ4v) is 1.62. The van der Waals surface area contributed by atoms with Crippen LogP contribution in [0.25, 0.3) is 0 Å². The van der Waals surface area contributed by atoms with E-state index in [9.17, 15) is 5.11 Å². The van der Waals surface area contributed by atoms with Crippen LogP contribution < -0.4 is 4.74 Å². The average molecular weight is 270 g/mol. The number of azo groups is 1. The minimum Gasteiger partial charge on any atom is -0.505 e. The molecular weight excluding hydrogens is 252 g/mol. The maximum atomic E-state index is 9.88. The molecule has 0 aromatic heterocycles. The Morgan fingerprint density at radius 1 is 1.05 bits per heavy atom. The Morgan fingerprint density at radius 2 is 1.80 bits per heavy atom. The molecule has 0 radical (unpaired) electrons. The summed E-state index contributed by atoms with van der Waals surface area (Å²) < 4.78 is 5.43. The van der Waals surface area contributed by atoms with E-state index in [0.29, 0.717) is 18.0 Å². The van der Waals surface area contributed by atoms with Gasteiger partial charge in [0.05, 0.1) is 12.3 Å². The molecule has 0 amide bonds. The summed E-state index contributed by atoms with van der Waals surface area (Å²) >= 11 is 0. The summed E-state index contributed by atoms with van der Waals surface area (Å²) in [5, 5.41) is 18.0. The fraction of sp³-hybridized carbons (Fsp3) is 0.250. The number of rotatable bonds is 5. The largest absolute Gasteiger partial charge is 0.505 e. The van der Waals surface area contributed by atoms with E-state index in [4.69, 9.17) is 4.74 Å². The Balaban J connectivity index is 2.11. The van der Waals surface area contributed by atoms with Crippen LogP contribution in [0.5, 0.6) is 11.5 Å². The first-order chi connectivity index (χ1) is 9.69.